The Bertz CT molecular complexity index is 170. The van der Waals surface area contributed by atoms with Crippen LogP contribution in [0.1, 0.15) is 13.8 Å². The Morgan fingerprint density at radius 2 is 1.92 bits per heavy atom. The second-order valence-corrected chi connectivity index (χ2v) is 3.51. The highest BCUT2D eigenvalue weighted by molar-refractivity contribution is 5.84. The highest BCUT2D eigenvalue weighted by Crippen LogP contribution is 2.12. The highest BCUT2D eigenvalue weighted by Gasteiger charge is 2.31. The van der Waals surface area contributed by atoms with Gasteiger partial charge in [-0.2, -0.15) is 0 Å². The molecule has 0 spiro atoms. The van der Waals surface area contributed by atoms with E-state index >= 15 is 0 Å². The lowest BCUT2D eigenvalue weighted by Crippen LogP contribution is -2.51. The van der Waals surface area contributed by atoms with Crippen molar-refractivity contribution in [1.29, 1.82) is 0 Å². The number of halogens is 1. The third kappa shape index (κ3) is 2.17. The molecule has 4 heteroatoms. The molecule has 1 N–H and O–H groups in total. The fourth-order valence-corrected chi connectivity index (χ4v) is 1.24. The van der Waals surface area contributed by atoms with Crippen LogP contribution in [0.2, 0.25) is 0 Å². The van der Waals surface area contributed by atoms with Gasteiger partial charge < -0.3 is 10.2 Å². The molecule has 0 saturated carbocycles. The van der Waals surface area contributed by atoms with Gasteiger partial charge in [-0.15, -0.1) is 0 Å². The Morgan fingerprint density at radius 1 is 1.42 bits per heavy atom. The summed E-state index contributed by atoms with van der Waals surface area (Å²) < 4.78 is 13.2. The molecule has 3 nitrogen and oxygen atoms in total. The lowest BCUT2D eigenvalue weighted by atomic mass is 10.1. The molecule has 0 atom stereocenters. The summed E-state index contributed by atoms with van der Waals surface area (Å²) in [4.78, 5) is 12.9. The Labute approximate surface area is 71.9 Å². The van der Waals surface area contributed by atoms with Crippen molar-refractivity contribution >= 4 is 5.91 Å². The predicted octanol–water partition coefficient (Wildman–Crippen LogP) is 0.166. The van der Waals surface area contributed by atoms with E-state index in [4.69, 9.17) is 0 Å². The molecule has 0 radical (unpaired) electrons. The zero-order chi connectivity index (χ0) is 9.19. The van der Waals surface area contributed by atoms with Gasteiger partial charge in [0.2, 0.25) is 0 Å². The summed E-state index contributed by atoms with van der Waals surface area (Å²) in [5.74, 6) is -0.399. The van der Waals surface area contributed by atoms with Crippen molar-refractivity contribution < 1.29 is 9.18 Å². The first-order valence-corrected chi connectivity index (χ1v) is 4.21. The fraction of sp³-hybridized carbons (Fsp3) is 0.875. The molecular formula is C8H15FN2O. The number of hydrogen-bond acceptors (Lipinski definition) is 2. The Morgan fingerprint density at radius 3 is 2.33 bits per heavy atom. The van der Waals surface area contributed by atoms with Crippen LogP contribution in [0.15, 0.2) is 0 Å². The number of rotatable bonds is 1. The Balaban J connectivity index is 2.51. The van der Waals surface area contributed by atoms with Crippen LogP contribution < -0.4 is 5.32 Å². The molecular weight excluding hydrogens is 159 g/mol. The van der Waals surface area contributed by atoms with Gasteiger partial charge in [0.25, 0.3) is 5.91 Å². The summed E-state index contributed by atoms with van der Waals surface area (Å²) >= 11 is 0. The van der Waals surface area contributed by atoms with Gasteiger partial charge in [-0.3, -0.25) is 4.79 Å². The predicted molar refractivity (Wildman–Crippen MR) is 44.6 cm³/mol. The summed E-state index contributed by atoms with van der Waals surface area (Å²) in [5.41, 5.74) is -1.72. The number of piperazine rings is 1. The molecule has 1 amide bonds. The van der Waals surface area contributed by atoms with Crippen LogP contribution in [0, 0.1) is 0 Å². The number of carbonyl (C=O) groups excluding carboxylic acids is 1. The first-order chi connectivity index (χ1) is 5.52. The minimum absolute atomic E-state index is 0.399. The van der Waals surface area contributed by atoms with E-state index in [0.717, 1.165) is 13.1 Å². The van der Waals surface area contributed by atoms with E-state index in [0.29, 0.717) is 13.1 Å². The summed E-state index contributed by atoms with van der Waals surface area (Å²) in [7, 11) is 0. The van der Waals surface area contributed by atoms with E-state index in [2.05, 4.69) is 5.32 Å². The van der Waals surface area contributed by atoms with Gasteiger partial charge in [0.15, 0.2) is 5.67 Å². The first kappa shape index (κ1) is 9.45. The van der Waals surface area contributed by atoms with Gasteiger partial charge in [-0.1, -0.05) is 0 Å². The summed E-state index contributed by atoms with van der Waals surface area (Å²) in [6, 6.07) is 0. The Hall–Kier alpha value is -0.640. The first-order valence-electron chi connectivity index (χ1n) is 4.21. The fourth-order valence-electron chi connectivity index (χ4n) is 1.24. The van der Waals surface area contributed by atoms with Gasteiger partial charge in [0.05, 0.1) is 0 Å². The maximum Gasteiger partial charge on any atom is 0.259 e. The van der Waals surface area contributed by atoms with E-state index < -0.39 is 11.6 Å². The minimum atomic E-state index is -1.72. The average Bonchev–Trinajstić information content (AvgIpc) is 2.03. The quantitative estimate of drug-likeness (QED) is 0.614. The third-order valence-electron chi connectivity index (χ3n) is 1.91. The molecule has 70 valence electrons. The zero-order valence-corrected chi connectivity index (χ0v) is 7.56. The average molecular weight is 174 g/mol. The van der Waals surface area contributed by atoms with Crippen molar-refractivity contribution in [2.24, 2.45) is 0 Å². The number of alkyl halides is 1. The molecule has 1 aliphatic rings. The lowest BCUT2D eigenvalue weighted by molar-refractivity contribution is -0.142. The van der Waals surface area contributed by atoms with Crippen LogP contribution in [-0.4, -0.2) is 42.7 Å². The van der Waals surface area contributed by atoms with E-state index in [1.165, 1.54) is 13.8 Å². The van der Waals surface area contributed by atoms with Gasteiger partial charge >= 0.3 is 0 Å². The maximum atomic E-state index is 13.2. The minimum Gasteiger partial charge on any atom is -0.337 e. The molecule has 0 aromatic rings. The third-order valence-corrected chi connectivity index (χ3v) is 1.91. The molecule has 0 aromatic heterocycles. The monoisotopic (exact) mass is 174 g/mol. The summed E-state index contributed by atoms with van der Waals surface area (Å²) in [6.07, 6.45) is 0. The molecule has 1 aliphatic heterocycles. The van der Waals surface area contributed by atoms with Crippen LogP contribution in [0.25, 0.3) is 0 Å². The number of nitrogens with one attached hydrogen (secondary N) is 1. The van der Waals surface area contributed by atoms with Crippen LogP contribution in [0.5, 0.6) is 0 Å². The van der Waals surface area contributed by atoms with Crippen molar-refractivity contribution in [3.63, 3.8) is 0 Å². The molecule has 0 aliphatic carbocycles. The van der Waals surface area contributed by atoms with Crippen molar-refractivity contribution in [3.05, 3.63) is 0 Å². The zero-order valence-electron chi connectivity index (χ0n) is 7.56. The highest BCUT2D eigenvalue weighted by atomic mass is 19.1. The normalized spacial score (nSPS) is 19.4. The van der Waals surface area contributed by atoms with Crippen LogP contribution in [0.3, 0.4) is 0 Å². The second kappa shape index (κ2) is 3.39. The topological polar surface area (TPSA) is 32.3 Å². The number of nitrogens with zero attached hydrogens (tertiary/aromatic N) is 1. The van der Waals surface area contributed by atoms with Crippen LogP contribution in [-0.2, 0) is 4.79 Å². The standard InChI is InChI=1S/C8H15FN2O/c1-8(2,9)7(12)11-5-3-10-4-6-11/h10H,3-6H2,1-2H3. The second-order valence-electron chi connectivity index (χ2n) is 3.51. The largest absolute Gasteiger partial charge is 0.337 e. The smallest absolute Gasteiger partial charge is 0.259 e. The lowest BCUT2D eigenvalue weighted by Gasteiger charge is -2.30. The molecule has 1 saturated heterocycles. The molecule has 1 rings (SSSR count). The molecule has 0 unspecified atom stereocenters. The number of amides is 1. The molecule has 0 aromatic carbocycles. The van der Waals surface area contributed by atoms with E-state index in [1.54, 1.807) is 4.90 Å². The van der Waals surface area contributed by atoms with Crippen molar-refractivity contribution in [1.82, 2.24) is 10.2 Å². The van der Waals surface area contributed by atoms with Gasteiger partial charge in [0, 0.05) is 26.2 Å². The summed E-state index contributed by atoms with van der Waals surface area (Å²) in [6.45, 7) is 5.37. The Kier molecular flexibility index (Phi) is 2.67. The summed E-state index contributed by atoms with van der Waals surface area (Å²) in [5, 5.41) is 3.10. The van der Waals surface area contributed by atoms with Crippen molar-refractivity contribution in [2.75, 3.05) is 26.2 Å². The number of carbonyl (C=O) groups is 1. The van der Waals surface area contributed by atoms with E-state index in [9.17, 15) is 9.18 Å². The van der Waals surface area contributed by atoms with Gasteiger partial charge in [-0.05, 0) is 13.8 Å². The van der Waals surface area contributed by atoms with E-state index in [-0.39, 0.29) is 0 Å². The van der Waals surface area contributed by atoms with Crippen LogP contribution in [0.4, 0.5) is 4.39 Å². The molecule has 1 fully saturated rings. The van der Waals surface area contributed by atoms with Crippen molar-refractivity contribution in [3.8, 4) is 0 Å². The molecule has 1 heterocycles. The SMILES string of the molecule is CC(C)(F)C(=O)N1CCNCC1. The van der Waals surface area contributed by atoms with Gasteiger partial charge in [-0.25, -0.2) is 4.39 Å². The van der Waals surface area contributed by atoms with Gasteiger partial charge in [0.1, 0.15) is 0 Å². The molecule has 12 heavy (non-hydrogen) atoms. The maximum absolute atomic E-state index is 13.2. The molecule has 0 bridgehead atoms. The van der Waals surface area contributed by atoms with E-state index in [1.807, 2.05) is 0 Å². The van der Waals surface area contributed by atoms with Crippen molar-refractivity contribution in [2.45, 2.75) is 19.5 Å². The number of hydrogen-bond donors (Lipinski definition) is 1. The van der Waals surface area contributed by atoms with Crippen LogP contribution >= 0.6 is 0 Å².